The minimum atomic E-state index is -1.15. The lowest BCUT2D eigenvalue weighted by Crippen LogP contribution is -2.30. The van der Waals surface area contributed by atoms with Gasteiger partial charge < -0.3 is 4.74 Å². The summed E-state index contributed by atoms with van der Waals surface area (Å²) < 4.78 is 48.6. The van der Waals surface area contributed by atoms with E-state index in [9.17, 15) is 8.78 Å². The molecule has 2 unspecified atom stereocenters. The fourth-order valence-electron chi connectivity index (χ4n) is 5.24. The summed E-state index contributed by atoms with van der Waals surface area (Å²) in [5.41, 5.74) is 0.540. The van der Waals surface area contributed by atoms with Gasteiger partial charge in [0.2, 0.25) is 5.82 Å². The maximum atomic E-state index is 15.2. The molecule has 2 aromatic rings. The second-order valence-electron chi connectivity index (χ2n) is 8.22. The van der Waals surface area contributed by atoms with Crippen molar-refractivity contribution < 1.29 is 17.9 Å². The number of hydrogen-bond donors (Lipinski definition) is 0. The van der Waals surface area contributed by atoms with Gasteiger partial charge in [-0.1, -0.05) is 25.5 Å². The normalized spacial score (nSPS) is 28.8. The van der Waals surface area contributed by atoms with Crippen LogP contribution in [0.25, 0.3) is 10.8 Å². The Morgan fingerprint density at radius 3 is 2.38 bits per heavy atom. The van der Waals surface area contributed by atoms with Gasteiger partial charge in [0.15, 0.2) is 11.6 Å². The van der Waals surface area contributed by atoms with Crippen LogP contribution in [0.15, 0.2) is 18.2 Å². The van der Waals surface area contributed by atoms with Gasteiger partial charge >= 0.3 is 0 Å². The molecule has 140 valence electrons. The van der Waals surface area contributed by atoms with E-state index in [1.54, 1.807) is 12.1 Å². The number of fused-ring (bicyclic) bond motifs is 2. The van der Waals surface area contributed by atoms with Crippen LogP contribution < -0.4 is 4.74 Å². The molecule has 0 heterocycles. The lowest BCUT2D eigenvalue weighted by atomic mass is 9.64. The van der Waals surface area contributed by atoms with Crippen LogP contribution >= 0.6 is 0 Å². The molecule has 26 heavy (non-hydrogen) atoms. The number of benzene rings is 2. The number of methoxy groups -OCH3 is 1. The van der Waals surface area contributed by atoms with Crippen LogP contribution in [-0.4, -0.2) is 7.11 Å². The summed E-state index contributed by atoms with van der Waals surface area (Å²) in [6.07, 6.45) is 6.72. The number of hydrogen-bond acceptors (Lipinski definition) is 1. The zero-order chi connectivity index (χ0) is 18.4. The smallest absolute Gasteiger partial charge is 0.201 e. The summed E-state index contributed by atoms with van der Waals surface area (Å²) in [6.45, 7) is 2.32. The van der Waals surface area contributed by atoms with Gasteiger partial charge in [0.25, 0.3) is 0 Å². The quantitative estimate of drug-likeness (QED) is 0.586. The third-order valence-corrected chi connectivity index (χ3v) is 6.65. The van der Waals surface area contributed by atoms with Gasteiger partial charge in [0, 0.05) is 0 Å². The molecule has 0 saturated heterocycles. The molecule has 2 aliphatic carbocycles. The lowest BCUT2D eigenvalue weighted by molar-refractivity contribution is 0.124. The molecule has 0 radical (unpaired) electrons. The van der Waals surface area contributed by atoms with Gasteiger partial charge in [0.05, 0.1) is 12.5 Å². The molecule has 4 rings (SSSR count). The molecule has 2 fully saturated rings. The maximum absolute atomic E-state index is 15.2. The van der Waals surface area contributed by atoms with Gasteiger partial charge in [-0.2, -0.15) is 4.39 Å². The molecule has 0 N–H and O–H groups in total. The first-order valence-corrected chi connectivity index (χ1v) is 9.63. The average molecular weight is 362 g/mol. The zero-order valence-electron chi connectivity index (χ0n) is 15.3. The van der Waals surface area contributed by atoms with Crippen molar-refractivity contribution in [1.29, 1.82) is 0 Å². The maximum Gasteiger partial charge on any atom is 0.201 e. The van der Waals surface area contributed by atoms with Crippen LogP contribution in [0.5, 0.6) is 5.75 Å². The van der Waals surface area contributed by atoms with Crippen molar-refractivity contribution in [2.75, 3.05) is 7.11 Å². The molecule has 0 aromatic heterocycles. The molecule has 2 saturated carbocycles. The van der Waals surface area contributed by atoms with Gasteiger partial charge in [-0.3, -0.25) is 0 Å². The first-order valence-electron chi connectivity index (χ1n) is 9.63. The van der Waals surface area contributed by atoms with Crippen molar-refractivity contribution in [2.45, 2.75) is 51.4 Å². The van der Waals surface area contributed by atoms with E-state index in [0.29, 0.717) is 16.9 Å². The van der Waals surface area contributed by atoms with E-state index in [2.05, 4.69) is 6.92 Å². The Hall–Kier alpha value is -1.71. The Labute approximate surface area is 152 Å². The van der Waals surface area contributed by atoms with E-state index in [4.69, 9.17) is 4.74 Å². The average Bonchev–Trinajstić information content (AvgIpc) is 2.64. The molecule has 2 aliphatic rings. The van der Waals surface area contributed by atoms with Crippen molar-refractivity contribution in [2.24, 2.45) is 17.8 Å². The minimum Gasteiger partial charge on any atom is -0.494 e. The Morgan fingerprint density at radius 2 is 1.62 bits per heavy atom. The SMILES string of the molecule is COc1cc2ccc([C@@H]3CC[C@@H]4CC(C)CCC4C3)c(F)c2c(F)c1F. The third kappa shape index (κ3) is 2.87. The molecule has 2 aromatic carbocycles. The van der Waals surface area contributed by atoms with E-state index < -0.39 is 17.5 Å². The van der Waals surface area contributed by atoms with Crippen molar-refractivity contribution >= 4 is 10.8 Å². The van der Waals surface area contributed by atoms with E-state index in [1.165, 1.54) is 32.4 Å². The monoisotopic (exact) mass is 362 g/mol. The van der Waals surface area contributed by atoms with Crippen molar-refractivity contribution in [3.8, 4) is 5.75 Å². The van der Waals surface area contributed by atoms with Crippen LogP contribution in [0.1, 0.15) is 56.9 Å². The van der Waals surface area contributed by atoms with E-state index in [-0.39, 0.29) is 17.1 Å². The molecule has 1 nitrogen and oxygen atoms in total. The van der Waals surface area contributed by atoms with Crippen LogP contribution in [-0.2, 0) is 0 Å². The van der Waals surface area contributed by atoms with Gasteiger partial charge in [-0.25, -0.2) is 8.78 Å². The predicted molar refractivity (Wildman–Crippen MR) is 97.0 cm³/mol. The molecular formula is C22H25F3O. The Bertz CT molecular complexity index is 832. The van der Waals surface area contributed by atoms with Crippen LogP contribution in [0.4, 0.5) is 13.2 Å². The summed E-state index contributed by atoms with van der Waals surface area (Å²) in [7, 11) is 1.28. The third-order valence-electron chi connectivity index (χ3n) is 6.65. The van der Waals surface area contributed by atoms with E-state index in [1.807, 2.05) is 0 Å². The molecule has 0 amide bonds. The van der Waals surface area contributed by atoms with Gasteiger partial charge in [-0.15, -0.1) is 0 Å². The van der Waals surface area contributed by atoms with Crippen LogP contribution in [0.2, 0.25) is 0 Å². The highest BCUT2D eigenvalue weighted by Gasteiger charge is 2.36. The highest BCUT2D eigenvalue weighted by molar-refractivity contribution is 5.86. The second-order valence-corrected chi connectivity index (χ2v) is 8.22. The molecule has 4 atom stereocenters. The summed E-state index contributed by atoms with van der Waals surface area (Å²) >= 11 is 0. The zero-order valence-corrected chi connectivity index (χ0v) is 15.3. The van der Waals surface area contributed by atoms with Crippen molar-refractivity contribution in [1.82, 2.24) is 0 Å². The largest absolute Gasteiger partial charge is 0.494 e. The molecule has 0 bridgehead atoms. The molecule has 0 spiro atoms. The fraction of sp³-hybridized carbons (Fsp3) is 0.545. The molecular weight excluding hydrogens is 337 g/mol. The van der Waals surface area contributed by atoms with Crippen LogP contribution in [0, 0.1) is 35.2 Å². The van der Waals surface area contributed by atoms with E-state index >= 15 is 4.39 Å². The summed E-state index contributed by atoms with van der Waals surface area (Å²) in [4.78, 5) is 0. The number of rotatable bonds is 2. The predicted octanol–water partition coefficient (Wildman–Crippen LogP) is 6.59. The summed E-state index contributed by atoms with van der Waals surface area (Å²) in [5.74, 6) is -0.807. The van der Waals surface area contributed by atoms with E-state index in [0.717, 1.165) is 31.1 Å². The lowest BCUT2D eigenvalue weighted by Gasteiger charge is -2.41. The molecule has 4 heteroatoms. The first-order chi connectivity index (χ1) is 12.5. The Balaban J connectivity index is 1.69. The Morgan fingerprint density at radius 1 is 0.885 bits per heavy atom. The topological polar surface area (TPSA) is 9.23 Å². The van der Waals surface area contributed by atoms with Gasteiger partial charge in [-0.05, 0) is 72.8 Å². The minimum absolute atomic E-state index is 0.0959. The van der Waals surface area contributed by atoms with Crippen molar-refractivity contribution in [3.05, 3.63) is 41.2 Å². The molecule has 0 aliphatic heterocycles. The summed E-state index contributed by atoms with van der Waals surface area (Å²) in [6, 6.07) is 4.80. The highest BCUT2D eigenvalue weighted by atomic mass is 19.2. The van der Waals surface area contributed by atoms with Gasteiger partial charge in [0.1, 0.15) is 5.82 Å². The first kappa shape index (κ1) is 17.7. The van der Waals surface area contributed by atoms with Crippen molar-refractivity contribution in [3.63, 3.8) is 0 Å². The fourth-order valence-corrected chi connectivity index (χ4v) is 5.24. The standard InChI is InChI=1S/C22H25F3O/c1-12-3-4-14-10-15(6-5-13(14)9-12)17-8-7-16-11-18(26-2)21(24)22(25)19(16)20(17)23/h7-8,11-15H,3-6,9-10H2,1-2H3/t12?,13-,14?,15-/m1/s1. The second kappa shape index (κ2) is 6.79. The number of halogens is 3. The number of ether oxygens (including phenoxy) is 1. The Kier molecular flexibility index (Phi) is 4.62. The highest BCUT2D eigenvalue weighted by Crippen LogP contribution is 2.48. The summed E-state index contributed by atoms with van der Waals surface area (Å²) in [5, 5.41) is 0.0855. The van der Waals surface area contributed by atoms with Crippen LogP contribution in [0.3, 0.4) is 0 Å².